The molecule has 0 radical (unpaired) electrons. The standard InChI is InChI=1S/C13H16N2O4/c1-9-4-3-5-10(8-9)13(14)15-19-12(17)7-6-11(16)18-2/h3-5,8H,6-7H2,1-2H3,(H2,14,15). The Morgan fingerprint density at radius 2 is 1.95 bits per heavy atom. The number of amidine groups is 1. The number of benzene rings is 1. The summed E-state index contributed by atoms with van der Waals surface area (Å²) in [5.41, 5.74) is 7.36. The van der Waals surface area contributed by atoms with Crippen LogP contribution in [0.4, 0.5) is 0 Å². The van der Waals surface area contributed by atoms with Crippen LogP contribution in [-0.2, 0) is 19.2 Å². The summed E-state index contributed by atoms with van der Waals surface area (Å²) in [4.78, 5) is 26.7. The number of carbonyl (C=O) groups is 2. The lowest BCUT2D eigenvalue weighted by molar-refractivity contribution is -0.148. The van der Waals surface area contributed by atoms with Gasteiger partial charge in [0.05, 0.1) is 20.0 Å². The Kier molecular flexibility index (Phi) is 5.53. The van der Waals surface area contributed by atoms with Gasteiger partial charge in [-0.1, -0.05) is 28.9 Å². The molecule has 0 unspecified atom stereocenters. The summed E-state index contributed by atoms with van der Waals surface area (Å²) in [6.07, 6.45) is -0.146. The maximum absolute atomic E-state index is 11.3. The van der Waals surface area contributed by atoms with Crippen LogP contribution in [0.5, 0.6) is 0 Å². The third-order valence-corrected chi connectivity index (χ3v) is 2.32. The van der Waals surface area contributed by atoms with E-state index in [4.69, 9.17) is 5.73 Å². The number of hydrogen-bond acceptors (Lipinski definition) is 5. The van der Waals surface area contributed by atoms with Crippen molar-refractivity contribution in [3.63, 3.8) is 0 Å². The molecule has 0 saturated carbocycles. The minimum atomic E-state index is -0.638. The number of methoxy groups -OCH3 is 1. The molecule has 0 aliphatic carbocycles. The minimum Gasteiger partial charge on any atom is -0.469 e. The van der Waals surface area contributed by atoms with Gasteiger partial charge in [0.2, 0.25) is 0 Å². The van der Waals surface area contributed by atoms with Crippen molar-refractivity contribution in [3.05, 3.63) is 35.4 Å². The van der Waals surface area contributed by atoms with E-state index in [0.717, 1.165) is 5.56 Å². The number of nitrogens with two attached hydrogens (primary N) is 1. The van der Waals surface area contributed by atoms with E-state index in [2.05, 4.69) is 14.7 Å². The first-order valence-electron chi connectivity index (χ1n) is 5.70. The van der Waals surface area contributed by atoms with Crippen LogP contribution in [0.15, 0.2) is 29.4 Å². The van der Waals surface area contributed by atoms with Crippen molar-refractivity contribution >= 4 is 17.8 Å². The number of hydrogen-bond donors (Lipinski definition) is 1. The predicted molar refractivity (Wildman–Crippen MR) is 69.2 cm³/mol. The van der Waals surface area contributed by atoms with Gasteiger partial charge in [0, 0.05) is 5.56 Å². The van der Waals surface area contributed by atoms with Gasteiger partial charge in [-0.3, -0.25) is 4.79 Å². The van der Waals surface area contributed by atoms with Crippen molar-refractivity contribution in [1.29, 1.82) is 0 Å². The molecule has 2 N–H and O–H groups in total. The first-order valence-corrected chi connectivity index (χ1v) is 5.70. The van der Waals surface area contributed by atoms with E-state index < -0.39 is 11.9 Å². The highest BCUT2D eigenvalue weighted by Crippen LogP contribution is 2.04. The highest BCUT2D eigenvalue weighted by Gasteiger charge is 2.08. The number of nitrogens with zero attached hydrogens (tertiary/aromatic N) is 1. The van der Waals surface area contributed by atoms with Gasteiger partial charge in [-0.15, -0.1) is 0 Å². The fourth-order valence-electron chi connectivity index (χ4n) is 1.31. The Labute approximate surface area is 111 Å². The van der Waals surface area contributed by atoms with Crippen molar-refractivity contribution in [2.45, 2.75) is 19.8 Å². The highest BCUT2D eigenvalue weighted by molar-refractivity contribution is 5.97. The average Bonchev–Trinajstić information content (AvgIpc) is 2.41. The molecule has 1 aromatic carbocycles. The maximum Gasteiger partial charge on any atom is 0.335 e. The summed E-state index contributed by atoms with van der Waals surface area (Å²) in [5.74, 6) is -1.01. The molecule has 1 rings (SSSR count). The van der Waals surface area contributed by atoms with Crippen LogP contribution in [0.1, 0.15) is 24.0 Å². The molecule has 0 atom stereocenters. The zero-order chi connectivity index (χ0) is 14.3. The highest BCUT2D eigenvalue weighted by atomic mass is 16.7. The Balaban J connectivity index is 2.52. The summed E-state index contributed by atoms with van der Waals surface area (Å²) < 4.78 is 4.40. The molecule has 0 bridgehead atoms. The Bertz CT molecular complexity index is 497. The summed E-state index contributed by atoms with van der Waals surface area (Å²) in [6.45, 7) is 1.92. The van der Waals surface area contributed by atoms with Gasteiger partial charge in [-0.2, -0.15) is 0 Å². The Morgan fingerprint density at radius 3 is 2.58 bits per heavy atom. The molecule has 102 valence electrons. The Hall–Kier alpha value is -2.37. The second-order valence-electron chi connectivity index (χ2n) is 3.89. The number of oxime groups is 1. The monoisotopic (exact) mass is 264 g/mol. The number of esters is 1. The van der Waals surface area contributed by atoms with E-state index in [-0.39, 0.29) is 18.7 Å². The molecule has 19 heavy (non-hydrogen) atoms. The smallest absolute Gasteiger partial charge is 0.335 e. The van der Waals surface area contributed by atoms with Gasteiger partial charge >= 0.3 is 11.9 Å². The van der Waals surface area contributed by atoms with E-state index in [1.165, 1.54) is 7.11 Å². The number of rotatable bonds is 5. The summed E-state index contributed by atoms with van der Waals surface area (Å²) in [6, 6.07) is 7.32. The van der Waals surface area contributed by atoms with Gasteiger partial charge < -0.3 is 15.3 Å². The molecule has 0 aliphatic rings. The van der Waals surface area contributed by atoms with Crippen LogP contribution in [0.25, 0.3) is 0 Å². The van der Waals surface area contributed by atoms with Gasteiger partial charge in [-0.05, 0) is 13.0 Å². The summed E-state index contributed by atoms with van der Waals surface area (Å²) in [7, 11) is 1.25. The summed E-state index contributed by atoms with van der Waals surface area (Å²) >= 11 is 0. The van der Waals surface area contributed by atoms with Crippen molar-refractivity contribution in [2.75, 3.05) is 7.11 Å². The number of aryl methyl sites for hydroxylation is 1. The van der Waals surface area contributed by atoms with Crippen LogP contribution >= 0.6 is 0 Å². The second-order valence-corrected chi connectivity index (χ2v) is 3.89. The Morgan fingerprint density at radius 1 is 1.26 bits per heavy atom. The molecule has 6 heteroatoms. The van der Waals surface area contributed by atoms with Crippen LogP contribution in [0.3, 0.4) is 0 Å². The van der Waals surface area contributed by atoms with Crippen LogP contribution in [0, 0.1) is 6.92 Å². The van der Waals surface area contributed by atoms with Gasteiger partial charge in [0.25, 0.3) is 0 Å². The molecule has 0 saturated heterocycles. The van der Waals surface area contributed by atoms with Crippen molar-refractivity contribution < 1.29 is 19.2 Å². The second kappa shape index (κ2) is 7.15. The number of carbonyl (C=O) groups excluding carboxylic acids is 2. The fraction of sp³-hybridized carbons (Fsp3) is 0.308. The van der Waals surface area contributed by atoms with E-state index >= 15 is 0 Å². The predicted octanol–water partition coefficient (Wildman–Crippen LogP) is 1.11. The van der Waals surface area contributed by atoms with E-state index in [1.54, 1.807) is 6.07 Å². The molecule has 0 fully saturated rings. The van der Waals surface area contributed by atoms with Gasteiger partial charge in [0.15, 0.2) is 5.84 Å². The minimum absolute atomic E-state index is 0.0464. The quantitative estimate of drug-likeness (QED) is 0.283. The summed E-state index contributed by atoms with van der Waals surface area (Å²) in [5, 5.41) is 3.53. The molecular formula is C13H16N2O4. The molecule has 0 aromatic heterocycles. The molecule has 0 aliphatic heterocycles. The van der Waals surface area contributed by atoms with Crippen LogP contribution < -0.4 is 5.73 Å². The topological polar surface area (TPSA) is 91.0 Å². The average molecular weight is 264 g/mol. The first kappa shape index (κ1) is 14.7. The van der Waals surface area contributed by atoms with E-state index in [0.29, 0.717) is 5.56 Å². The van der Waals surface area contributed by atoms with Crippen molar-refractivity contribution in [2.24, 2.45) is 10.9 Å². The van der Waals surface area contributed by atoms with E-state index in [1.807, 2.05) is 25.1 Å². The lowest BCUT2D eigenvalue weighted by Gasteiger charge is -2.02. The van der Waals surface area contributed by atoms with Crippen molar-refractivity contribution in [3.8, 4) is 0 Å². The SMILES string of the molecule is COC(=O)CCC(=O)O/N=C(\N)c1cccc(C)c1. The third-order valence-electron chi connectivity index (χ3n) is 2.32. The number of ether oxygens (including phenoxy) is 1. The molecule has 0 spiro atoms. The molecule has 1 aromatic rings. The zero-order valence-electron chi connectivity index (χ0n) is 10.9. The van der Waals surface area contributed by atoms with Crippen LogP contribution in [-0.4, -0.2) is 24.9 Å². The lowest BCUT2D eigenvalue weighted by Crippen LogP contribution is -2.15. The molecule has 0 heterocycles. The fourth-order valence-corrected chi connectivity index (χ4v) is 1.31. The molecule has 6 nitrogen and oxygen atoms in total. The lowest BCUT2D eigenvalue weighted by atomic mass is 10.1. The van der Waals surface area contributed by atoms with Crippen LogP contribution in [0.2, 0.25) is 0 Å². The van der Waals surface area contributed by atoms with Gasteiger partial charge in [0.1, 0.15) is 0 Å². The van der Waals surface area contributed by atoms with Crippen molar-refractivity contribution in [1.82, 2.24) is 0 Å². The maximum atomic E-state index is 11.3. The zero-order valence-corrected chi connectivity index (χ0v) is 10.9. The normalized spacial score (nSPS) is 10.9. The van der Waals surface area contributed by atoms with E-state index in [9.17, 15) is 9.59 Å². The molecular weight excluding hydrogens is 248 g/mol. The van der Waals surface area contributed by atoms with Gasteiger partial charge in [-0.25, -0.2) is 4.79 Å². The first-order chi connectivity index (χ1) is 9.02. The largest absolute Gasteiger partial charge is 0.469 e. The molecule has 0 amide bonds. The third kappa shape index (κ3) is 5.20.